The summed E-state index contributed by atoms with van der Waals surface area (Å²) in [6.07, 6.45) is 3.90. The molecule has 1 unspecified atom stereocenters. The normalized spacial score (nSPS) is 18.5. The Morgan fingerprint density at radius 1 is 1.00 bits per heavy atom. The molecule has 0 bridgehead atoms. The number of fused-ring (bicyclic) bond motifs is 1. The Balaban J connectivity index is 1.47. The van der Waals surface area contributed by atoms with Crippen LogP contribution in [0.5, 0.6) is 11.5 Å². The summed E-state index contributed by atoms with van der Waals surface area (Å²) in [5.41, 5.74) is 0.866. The fraction of sp³-hybridized carbons (Fsp3) is 0.364. The number of ether oxygens (including phenoxy) is 2. The van der Waals surface area contributed by atoms with Crippen molar-refractivity contribution in [3.63, 3.8) is 0 Å². The number of likely N-dealkylation sites (tertiary alicyclic amines) is 1. The molecular formula is C22H24FN3O4. The van der Waals surface area contributed by atoms with Gasteiger partial charge in [0.05, 0.1) is 6.04 Å². The first-order valence-corrected chi connectivity index (χ1v) is 10.0. The highest BCUT2D eigenvalue weighted by Gasteiger charge is 2.25. The van der Waals surface area contributed by atoms with Gasteiger partial charge in [0.2, 0.25) is 12.7 Å². The number of likely N-dealkylation sites (N-methyl/N-ethyl adjacent to an activating group) is 1. The molecule has 0 aliphatic carbocycles. The van der Waals surface area contributed by atoms with Gasteiger partial charge in [-0.15, -0.1) is 0 Å². The molecule has 1 saturated heterocycles. The standard InChI is InChI=1S/C22H24FN3O4/c1-26-8-4-2-3-5-18(26)22(28)25-17-10-14(9-15(23)11-17)21(27)24-16-6-7-19-20(12-16)30-13-29-19/h6-7,9-12,18H,2-5,8,13H2,1H3,(H,24,27)(H,25,28). The van der Waals surface area contributed by atoms with E-state index in [4.69, 9.17) is 9.47 Å². The smallest absolute Gasteiger partial charge is 0.255 e. The number of carbonyl (C=O) groups is 2. The molecule has 0 saturated carbocycles. The summed E-state index contributed by atoms with van der Waals surface area (Å²) in [6, 6.07) is 8.57. The summed E-state index contributed by atoms with van der Waals surface area (Å²) in [5.74, 6) is -0.139. The van der Waals surface area contributed by atoms with Crippen LogP contribution in [0.3, 0.4) is 0 Å². The van der Waals surface area contributed by atoms with Gasteiger partial charge in [-0.2, -0.15) is 0 Å². The van der Waals surface area contributed by atoms with Crippen molar-refractivity contribution in [3.05, 3.63) is 47.8 Å². The zero-order chi connectivity index (χ0) is 21.1. The Morgan fingerprint density at radius 3 is 2.70 bits per heavy atom. The maximum absolute atomic E-state index is 14.2. The first-order chi connectivity index (χ1) is 14.5. The second-order valence-corrected chi connectivity index (χ2v) is 7.59. The number of amides is 2. The third kappa shape index (κ3) is 4.54. The molecule has 2 aromatic rings. The third-order valence-corrected chi connectivity index (χ3v) is 5.38. The van der Waals surface area contributed by atoms with E-state index in [0.29, 0.717) is 17.2 Å². The Labute approximate surface area is 174 Å². The molecule has 2 heterocycles. The van der Waals surface area contributed by atoms with Gasteiger partial charge < -0.3 is 20.1 Å². The topological polar surface area (TPSA) is 79.9 Å². The van der Waals surface area contributed by atoms with E-state index in [1.165, 1.54) is 12.1 Å². The number of carbonyl (C=O) groups excluding carboxylic acids is 2. The van der Waals surface area contributed by atoms with Crippen molar-refractivity contribution in [2.45, 2.75) is 31.7 Å². The molecule has 2 aliphatic rings. The van der Waals surface area contributed by atoms with Gasteiger partial charge in [-0.1, -0.05) is 12.8 Å². The van der Waals surface area contributed by atoms with E-state index in [-0.39, 0.29) is 30.0 Å². The zero-order valence-corrected chi connectivity index (χ0v) is 16.7. The van der Waals surface area contributed by atoms with Gasteiger partial charge in [0.15, 0.2) is 11.5 Å². The molecule has 2 aromatic carbocycles. The van der Waals surface area contributed by atoms with Crippen LogP contribution in [0.15, 0.2) is 36.4 Å². The minimum absolute atomic E-state index is 0.109. The molecule has 4 rings (SSSR count). The molecule has 1 fully saturated rings. The average molecular weight is 413 g/mol. The molecule has 1 atom stereocenters. The molecule has 0 aromatic heterocycles. The van der Waals surface area contributed by atoms with Crippen LogP contribution in [0.2, 0.25) is 0 Å². The maximum atomic E-state index is 14.2. The number of anilines is 2. The van der Waals surface area contributed by atoms with Gasteiger partial charge in [0.1, 0.15) is 5.82 Å². The third-order valence-electron chi connectivity index (χ3n) is 5.38. The number of rotatable bonds is 4. The van der Waals surface area contributed by atoms with Gasteiger partial charge in [0, 0.05) is 23.0 Å². The van der Waals surface area contributed by atoms with Crippen LogP contribution < -0.4 is 20.1 Å². The molecular weight excluding hydrogens is 389 g/mol. The van der Waals surface area contributed by atoms with E-state index in [1.807, 2.05) is 11.9 Å². The highest BCUT2D eigenvalue weighted by molar-refractivity contribution is 6.05. The van der Waals surface area contributed by atoms with Crippen LogP contribution in [-0.2, 0) is 4.79 Å². The predicted molar refractivity (Wildman–Crippen MR) is 110 cm³/mol. The summed E-state index contributed by atoms with van der Waals surface area (Å²) in [4.78, 5) is 27.4. The van der Waals surface area contributed by atoms with Crippen LogP contribution in [0.1, 0.15) is 36.0 Å². The monoisotopic (exact) mass is 413 g/mol. The number of hydrogen-bond donors (Lipinski definition) is 2. The molecule has 7 nitrogen and oxygen atoms in total. The van der Waals surface area contributed by atoms with Crippen molar-refractivity contribution >= 4 is 23.2 Å². The predicted octanol–water partition coefficient (Wildman–Crippen LogP) is 3.62. The molecule has 2 amide bonds. The second-order valence-electron chi connectivity index (χ2n) is 7.59. The lowest BCUT2D eigenvalue weighted by atomic mass is 10.1. The van der Waals surface area contributed by atoms with E-state index in [9.17, 15) is 14.0 Å². The van der Waals surface area contributed by atoms with Crippen LogP contribution in [0.25, 0.3) is 0 Å². The fourth-order valence-electron chi connectivity index (χ4n) is 3.78. The summed E-state index contributed by atoms with van der Waals surface area (Å²) in [5, 5.41) is 5.48. The Kier molecular flexibility index (Phi) is 5.85. The minimum atomic E-state index is -0.599. The second kappa shape index (κ2) is 8.71. The van der Waals surface area contributed by atoms with Gasteiger partial charge in [0.25, 0.3) is 5.91 Å². The Bertz CT molecular complexity index is 965. The van der Waals surface area contributed by atoms with Crippen molar-refractivity contribution in [2.75, 3.05) is 31.0 Å². The van der Waals surface area contributed by atoms with Crippen molar-refractivity contribution < 1.29 is 23.5 Å². The average Bonchev–Trinajstić information content (AvgIpc) is 3.07. The molecule has 0 spiro atoms. The number of nitrogens with one attached hydrogen (secondary N) is 2. The van der Waals surface area contributed by atoms with Gasteiger partial charge in [-0.05, 0) is 56.8 Å². The molecule has 158 valence electrons. The Hall–Kier alpha value is -3.13. The van der Waals surface area contributed by atoms with Crippen LogP contribution in [0, 0.1) is 5.82 Å². The van der Waals surface area contributed by atoms with Gasteiger partial charge in [-0.3, -0.25) is 14.5 Å². The quantitative estimate of drug-likeness (QED) is 0.800. The van der Waals surface area contributed by atoms with Crippen molar-refractivity contribution in [1.82, 2.24) is 4.90 Å². The summed E-state index contributed by atoms with van der Waals surface area (Å²) < 4.78 is 24.7. The van der Waals surface area contributed by atoms with E-state index in [0.717, 1.165) is 38.3 Å². The first-order valence-electron chi connectivity index (χ1n) is 10.0. The minimum Gasteiger partial charge on any atom is -0.454 e. The Morgan fingerprint density at radius 2 is 1.83 bits per heavy atom. The summed E-state index contributed by atoms with van der Waals surface area (Å²) >= 11 is 0. The maximum Gasteiger partial charge on any atom is 0.255 e. The number of benzene rings is 2. The van der Waals surface area contributed by atoms with Crippen molar-refractivity contribution in [2.24, 2.45) is 0 Å². The zero-order valence-electron chi connectivity index (χ0n) is 16.7. The van der Waals surface area contributed by atoms with Crippen LogP contribution >= 0.6 is 0 Å². The largest absolute Gasteiger partial charge is 0.454 e. The van der Waals surface area contributed by atoms with Crippen LogP contribution in [0.4, 0.5) is 15.8 Å². The molecule has 30 heavy (non-hydrogen) atoms. The van der Waals surface area contributed by atoms with Crippen molar-refractivity contribution in [3.8, 4) is 11.5 Å². The van der Waals surface area contributed by atoms with E-state index in [2.05, 4.69) is 10.6 Å². The lowest BCUT2D eigenvalue weighted by Gasteiger charge is -2.24. The highest BCUT2D eigenvalue weighted by Crippen LogP contribution is 2.34. The lowest BCUT2D eigenvalue weighted by Crippen LogP contribution is -2.41. The number of halogens is 1. The van der Waals surface area contributed by atoms with Gasteiger partial charge >= 0.3 is 0 Å². The van der Waals surface area contributed by atoms with Crippen molar-refractivity contribution in [1.29, 1.82) is 0 Å². The highest BCUT2D eigenvalue weighted by atomic mass is 19.1. The molecule has 8 heteroatoms. The van der Waals surface area contributed by atoms with Gasteiger partial charge in [-0.25, -0.2) is 4.39 Å². The number of hydrogen-bond acceptors (Lipinski definition) is 5. The van der Waals surface area contributed by atoms with Crippen LogP contribution in [-0.4, -0.2) is 43.1 Å². The van der Waals surface area contributed by atoms with E-state index in [1.54, 1.807) is 18.2 Å². The molecule has 2 N–H and O–H groups in total. The fourth-order valence-corrected chi connectivity index (χ4v) is 3.78. The SMILES string of the molecule is CN1CCCCCC1C(=O)Nc1cc(F)cc(C(=O)Nc2ccc3c(c2)OCO3)c1. The number of nitrogens with zero attached hydrogens (tertiary/aromatic N) is 1. The molecule has 0 radical (unpaired) electrons. The summed E-state index contributed by atoms with van der Waals surface area (Å²) in [7, 11) is 1.92. The molecule has 2 aliphatic heterocycles. The summed E-state index contributed by atoms with van der Waals surface area (Å²) in [6.45, 7) is 0.986. The first kappa shape index (κ1) is 20.2. The van der Waals surface area contributed by atoms with E-state index < -0.39 is 11.7 Å². The van der Waals surface area contributed by atoms with E-state index >= 15 is 0 Å². The lowest BCUT2D eigenvalue weighted by molar-refractivity contribution is -0.120.